The summed E-state index contributed by atoms with van der Waals surface area (Å²) in [5.74, 6) is 1.70. The molecule has 31 heavy (non-hydrogen) atoms. The summed E-state index contributed by atoms with van der Waals surface area (Å²) in [6.07, 6.45) is 4.57. The number of carbonyl (C=O) groups excluding carboxylic acids is 1. The normalized spacial score (nSPS) is 14.3. The second-order valence-electron chi connectivity index (χ2n) is 7.92. The van der Waals surface area contributed by atoms with Crippen molar-refractivity contribution in [3.05, 3.63) is 78.0 Å². The molecule has 1 amide bonds. The smallest absolute Gasteiger partial charge is 0.253 e. The molecule has 5 heteroatoms. The number of piperidine rings is 1. The number of methoxy groups -OCH3 is 1. The first-order chi connectivity index (χ1) is 15.2. The van der Waals surface area contributed by atoms with Gasteiger partial charge >= 0.3 is 0 Å². The predicted molar refractivity (Wildman–Crippen MR) is 125 cm³/mol. The highest BCUT2D eigenvalue weighted by molar-refractivity contribution is 5.94. The lowest BCUT2D eigenvalue weighted by Crippen LogP contribution is -2.42. The van der Waals surface area contributed by atoms with Crippen LogP contribution in [-0.2, 0) is 6.42 Å². The largest absolute Gasteiger partial charge is 0.497 e. The Morgan fingerprint density at radius 3 is 2.29 bits per heavy atom. The van der Waals surface area contributed by atoms with Crippen molar-refractivity contribution in [3.63, 3.8) is 0 Å². The summed E-state index contributed by atoms with van der Waals surface area (Å²) in [4.78, 5) is 19.3. The first-order valence-electron chi connectivity index (χ1n) is 10.9. The molecular weight excluding hydrogens is 386 g/mol. The molecule has 0 bridgehead atoms. The Balaban J connectivity index is 1.33. The van der Waals surface area contributed by atoms with E-state index < -0.39 is 0 Å². The molecule has 0 aliphatic carbocycles. The predicted octanol–water partition coefficient (Wildman–Crippen LogP) is 5.04. The maximum absolute atomic E-state index is 13.0. The molecule has 3 aromatic rings. The number of amides is 1. The van der Waals surface area contributed by atoms with Crippen molar-refractivity contribution in [2.75, 3.05) is 25.5 Å². The molecule has 4 rings (SSSR count). The van der Waals surface area contributed by atoms with Gasteiger partial charge in [-0.25, -0.2) is 4.98 Å². The van der Waals surface area contributed by atoms with E-state index in [4.69, 9.17) is 4.74 Å². The summed E-state index contributed by atoms with van der Waals surface area (Å²) >= 11 is 0. The first-order valence-corrected chi connectivity index (χ1v) is 10.9. The number of likely N-dealkylation sites (tertiary alicyclic amines) is 1. The van der Waals surface area contributed by atoms with Crippen LogP contribution in [0.2, 0.25) is 0 Å². The van der Waals surface area contributed by atoms with Crippen molar-refractivity contribution in [1.82, 2.24) is 9.88 Å². The maximum atomic E-state index is 13.0. The zero-order chi connectivity index (χ0) is 21.6. The number of ether oxygens (including phenoxy) is 1. The third-order valence-electron chi connectivity index (χ3n) is 5.93. The standard InChI is InChI=1S/C26H29N3O2/c1-3-19-4-6-20(7-5-19)21-8-10-22(11-9-21)26(30)29-16-13-23(14-17-29)28-25-18-24(31-2)12-15-27-25/h4-12,15,18,23H,3,13-14,16-17H2,1-2H3,(H,27,28). The van der Waals surface area contributed by atoms with E-state index in [2.05, 4.69) is 41.5 Å². The van der Waals surface area contributed by atoms with Gasteiger partial charge in [0.25, 0.3) is 5.91 Å². The van der Waals surface area contributed by atoms with E-state index >= 15 is 0 Å². The molecule has 160 valence electrons. The fourth-order valence-electron chi connectivity index (χ4n) is 3.97. The van der Waals surface area contributed by atoms with Crippen molar-refractivity contribution in [1.29, 1.82) is 0 Å². The average molecular weight is 416 g/mol. The number of rotatable bonds is 6. The minimum Gasteiger partial charge on any atom is -0.497 e. The van der Waals surface area contributed by atoms with Crippen LogP contribution in [0, 0.1) is 0 Å². The number of aryl methyl sites for hydroxylation is 1. The number of aromatic nitrogens is 1. The Morgan fingerprint density at radius 1 is 1.03 bits per heavy atom. The third-order valence-corrected chi connectivity index (χ3v) is 5.93. The Hall–Kier alpha value is -3.34. The lowest BCUT2D eigenvalue weighted by Gasteiger charge is -2.32. The monoisotopic (exact) mass is 415 g/mol. The first kappa shape index (κ1) is 20.9. The molecular formula is C26H29N3O2. The van der Waals surface area contributed by atoms with Gasteiger partial charge in [-0.15, -0.1) is 0 Å². The molecule has 0 saturated carbocycles. The third kappa shape index (κ3) is 5.05. The van der Waals surface area contributed by atoms with Crippen LogP contribution >= 0.6 is 0 Å². The molecule has 2 heterocycles. The Morgan fingerprint density at radius 2 is 1.68 bits per heavy atom. The Labute approximate surface area is 184 Å². The fraction of sp³-hybridized carbons (Fsp3) is 0.308. The molecule has 5 nitrogen and oxygen atoms in total. The van der Waals surface area contributed by atoms with E-state index in [0.29, 0.717) is 6.04 Å². The molecule has 1 aliphatic rings. The van der Waals surface area contributed by atoms with E-state index in [1.54, 1.807) is 13.3 Å². The topological polar surface area (TPSA) is 54.5 Å². The SMILES string of the molecule is CCc1ccc(-c2ccc(C(=O)N3CCC(Nc4cc(OC)ccn4)CC3)cc2)cc1. The highest BCUT2D eigenvalue weighted by Crippen LogP contribution is 2.23. The van der Waals surface area contributed by atoms with Crippen LogP contribution in [0.15, 0.2) is 66.9 Å². The molecule has 0 unspecified atom stereocenters. The molecule has 1 saturated heterocycles. The van der Waals surface area contributed by atoms with Crippen molar-refractivity contribution in [3.8, 4) is 16.9 Å². The number of nitrogens with one attached hydrogen (secondary N) is 1. The van der Waals surface area contributed by atoms with E-state index in [1.165, 1.54) is 11.1 Å². The van der Waals surface area contributed by atoms with Crippen molar-refractivity contribution in [2.24, 2.45) is 0 Å². The van der Waals surface area contributed by atoms with Gasteiger partial charge in [0.1, 0.15) is 11.6 Å². The quantitative estimate of drug-likeness (QED) is 0.613. The van der Waals surface area contributed by atoms with Crippen LogP contribution in [0.3, 0.4) is 0 Å². The number of pyridine rings is 1. The molecule has 1 aliphatic heterocycles. The molecule has 0 spiro atoms. The maximum Gasteiger partial charge on any atom is 0.253 e. The summed E-state index contributed by atoms with van der Waals surface area (Å²) in [5, 5.41) is 3.46. The molecule has 1 N–H and O–H groups in total. The van der Waals surface area contributed by atoms with Crippen molar-refractivity contribution in [2.45, 2.75) is 32.2 Å². The summed E-state index contributed by atoms with van der Waals surface area (Å²) in [6.45, 7) is 3.63. The van der Waals surface area contributed by atoms with E-state index in [9.17, 15) is 4.79 Å². The highest BCUT2D eigenvalue weighted by atomic mass is 16.5. The zero-order valence-electron chi connectivity index (χ0n) is 18.2. The second-order valence-corrected chi connectivity index (χ2v) is 7.92. The Bertz CT molecular complexity index is 1010. The van der Waals surface area contributed by atoms with E-state index in [0.717, 1.165) is 55.0 Å². The zero-order valence-corrected chi connectivity index (χ0v) is 18.2. The van der Waals surface area contributed by atoms with Gasteiger partial charge in [-0.05, 0) is 54.2 Å². The van der Waals surface area contributed by atoms with Crippen LogP contribution in [0.5, 0.6) is 5.75 Å². The molecule has 1 fully saturated rings. The Kier molecular flexibility index (Phi) is 6.51. The summed E-state index contributed by atoms with van der Waals surface area (Å²) in [7, 11) is 1.65. The lowest BCUT2D eigenvalue weighted by molar-refractivity contribution is 0.0718. The lowest BCUT2D eigenvalue weighted by atomic mass is 10.0. The number of benzene rings is 2. The number of hydrogen-bond donors (Lipinski definition) is 1. The number of carbonyl (C=O) groups is 1. The van der Waals surface area contributed by atoms with E-state index in [1.807, 2.05) is 41.3 Å². The highest BCUT2D eigenvalue weighted by Gasteiger charge is 2.24. The van der Waals surface area contributed by atoms with Crippen molar-refractivity contribution < 1.29 is 9.53 Å². The number of nitrogens with zero attached hydrogens (tertiary/aromatic N) is 2. The van der Waals surface area contributed by atoms with Crippen LogP contribution in [-0.4, -0.2) is 42.0 Å². The van der Waals surface area contributed by atoms with Crippen LogP contribution in [0.25, 0.3) is 11.1 Å². The van der Waals surface area contributed by atoms with Crippen molar-refractivity contribution >= 4 is 11.7 Å². The van der Waals surface area contributed by atoms with Crippen LogP contribution in [0.4, 0.5) is 5.82 Å². The molecule has 0 radical (unpaired) electrons. The number of hydrogen-bond acceptors (Lipinski definition) is 4. The molecule has 0 atom stereocenters. The van der Waals surface area contributed by atoms with Gasteiger partial charge in [0.15, 0.2) is 0 Å². The van der Waals surface area contributed by atoms with Crippen LogP contribution < -0.4 is 10.1 Å². The minimum absolute atomic E-state index is 0.103. The summed E-state index contributed by atoms with van der Waals surface area (Å²) in [5.41, 5.74) is 4.38. The van der Waals surface area contributed by atoms with Gasteiger partial charge in [0.2, 0.25) is 0 Å². The fourth-order valence-corrected chi connectivity index (χ4v) is 3.97. The van der Waals surface area contributed by atoms with Gasteiger partial charge < -0.3 is 15.0 Å². The van der Waals surface area contributed by atoms with Gasteiger partial charge in [-0.3, -0.25) is 4.79 Å². The van der Waals surface area contributed by atoms with Gasteiger partial charge in [-0.1, -0.05) is 43.3 Å². The van der Waals surface area contributed by atoms with Gasteiger partial charge in [0.05, 0.1) is 7.11 Å². The second kappa shape index (κ2) is 9.65. The summed E-state index contributed by atoms with van der Waals surface area (Å²) in [6, 6.07) is 20.6. The minimum atomic E-state index is 0.103. The van der Waals surface area contributed by atoms with Crippen LogP contribution in [0.1, 0.15) is 35.7 Å². The van der Waals surface area contributed by atoms with Gasteiger partial charge in [0, 0.05) is 37.0 Å². The van der Waals surface area contributed by atoms with E-state index in [-0.39, 0.29) is 5.91 Å². The molecule has 1 aromatic heterocycles. The average Bonchev–Trinajstić information content (AvgIpc) is 2.84. The number of anilines is 1. The summed E-state index contributed by atoms with van der Waals surface area (Å²) < 4.78 is 5.26. The molecule has 2 aromatic carbocycles. The van der Waals surface area contributed by atoms with Gasteiger partial charge in [-0.2, -0.15) is 0 Å².